The molecule has 0 aromatic carbocycles. The third-order valence-electron chi connectivity index (χ3n) is 4.94. The van der Waals surface area contributed by atoms with Crippen LogP contribution in [-0.4, -0.2) is 34.7 Å². The lowest BCUT2D eigenvalue weighted by Crippen LogP contribution is -2.38. The van der Waals surface area contributed by atoms with Gasteiger partial charge in [0, 0.05) is 24.7 Å². The van der Waals surface area contributed by atoms with Crippen molar-refractivity contribution < 1.29 is 0 Å². The topological polar surface area (TPSA) is 31.9 Å². The molecule has 1 aliphatic carbocycles. The molecule has 2 aliphatic rings. The van der Waals surface area contributed by atoms with Crippen LogP contribution < -0.4 is 0 Å². The van der Waals surface area contributed by atoms with Gasteiger partial charge >= 0.3 is 0 Å². The van der Waals surface area contributed by atoms with Crippen molar-refractivity contribution in [2.75, 3.05) is 19.6 Å². The smallest absolute Gasteiger partial charge is 0.0522 e. The average Bonchev–Trinajstić information content (AvgIpc) is 2.97. The van der Waals surface area contributed by atoms with E-state index in [0.29, 0.717) is 5.92 Å². The fourth-order valence-electron chi connectivity index (χ4n) is 3.80. The van der Waals surface area contributed by atoms with Crippen molar-refractivity contribution in [2.45, 2.75) is 51.4 Å². The molecule has 1 fully saturated rings. The normalized spacial score (nSPS) is 27.9. The first-order chi connectivity index (χ1) is 9.86. The lowest BCUT2D eigenvalue weighted by Gasteiger charge is -2.35. The van der Waals surface area contributed by atoms with E-state index in [1.807, 2.05) is 6.20 Å². The van der Waals surface area contributed by atoms with Gasteiger partial charge in [-0.25, -0.2) is 0 Å². The number of aryl methyl sites for hydroxylation is 1. The minimum absolute atomic E-state index is 0.667. The van der Waals surface area contributed by atoms with Gasteiger partial charge in [-0.15, -0.1) is 0 Å². The van der Waals surface area contributed by atoms with Gasteiger partial charge in [0.05, 0.1) is 6.20 Å². The summed E-state index contributed by atoms with van der Waals surface area (Å²) in [6.45, 7) is 6.02. The highest BCUT2D eigenvalue weighted by atomic mass is 15.2. The van der Waals surface area contributed by atoms with Crippen LogP contribution in [0, 0.1) is 5.92 Å². The first-order valence-corrected chi connectivity index (χ1v) is 8.26. The van der Waals surface area contributed by atoms with Crippen LogP contribution in [0.25, 0.3) is 0 Å². The predicted octanol–water partition coefficient (Wildman–Crippen LogP) is 3.51. The van der Waals surface area contributed by atoms with Crippen LogP contribution in [0.3, 0.4) is 0 Å². The molecule has 3 heteroatoms. The number of hydrogen-bond donors (Lipinski definition) is 1. The molecule has 0 spiro atoms. The van der Waals surface area contributed by atoms with Crippen LogP contribution >= 0.6 is 0 Å². The molecule has 3 rings (SSSR count). The third-order valence-corrected chi connectivity index (χ3v) is 4.94. The Morgan fingerprint density at radius 2 is 2.30 bits per heavy atom. The molecular formula is C17H27N3. The Hall–Kier alpha value is -1.09. The zero-order valence-electron chi connectivity index (χ0n) is 12.6. The van der Waals surface area contributed by atoms with Gasteiger partial charge in [0.2, 0.25) is 0 Å². The zero-order chi connectivity index (χ0) is 13.8. The summed E-state index contributed by atoms with van der Waals surface area (Å²) in [6.07, 6.45) is 14.4. The summed E-state index contributed by atoms with van der Waals surface area (Å²) < 4.78 is 0. The molecule has 0 amide bonds. The van der Waals surface area contributed by atoms with E-state index < -0.39 is 0 Å². The Morgan fingerprint density at radius 3 is 3.10 bits per heavy atom. The van der Waals surface area contributed by atoms with Crippen LogP contribution in [0.4, 0.5) is 0 Å². The van der Waals surface area contributed by atoms with E-state index in [1.165, 1.54) is 63.0 Å². The van der Waals surface area contributed by atoms with Crippen molar-refractivity contribution in [1.82, 2.24) is 15.1 Å². The van der Waals surface area contributed by atoms with Gasteiger partial charge in [-0.1, -0.05) is 19.1 Å². The summed E-state index contributed by atoms with van der Waals surface area (Å²) in [7, 11) is 0. The Labute approximate surface area is 122 Å². The number of H-pyrrole nitrogens is 1. The SMILES string of the molecule is CCc1cn[nH]c1C1CCCN(CC2CC=CCC2)C1. The molecule has 110 valence electrons. The van der Waals surface area contributed by atoms with E-state index in [9.17, 15) is 0 Å². The summed E-state index contributed by atoms with van der Waals surface area (Å²) in [6, 6.07) is 0. The first-order valence-electron chi connectivity index (χ1n) is 8.26. The highest BCUT2D eigenvalue weighted by Gasteiger charge is 2.25. The van der Waals surface area contributed by atoms with E-state index >= 15 is 0 Å². The minimum Gasteiger partial charge on any atom is -0.302 e. The monoisotopic (exact) mass is 273 g/mol. The number of piperidine rings is 1. The highest BCUT2D eigenvalue weighted by molar-refractivity contribution is 5.21. The maximum absolute atomic E-state index is 4.26. The van der Waals surface area contributed by atoms with Crippen molar-refractivity contribution in [3.63, 3.8) is 0 Å². The maximum atomic E-state index is 4.26. The largest absolute Gasteiger partial charge is 0.302 e. The number of hydrogen-bond acceptors (Lipinski definition) is 2. The zero-order valence-corrected chi connectivity index (χ0v) is 12.6. The number of rotatable bonds is 4. The van der Waals surface area contributed by atoms with Gasteiger partial charge in [-0.3, -0.25) is 5.10 Å². The number of nitrogens with zero attached hydrogens (tertiary/aromatic N) is 2. The second-order valence-electron chi connectivity index (χ2n) is 6.41. The minimum atomic E-state index is 0.667. The van der Waals surface area contributed by atoms with Crippen LogP contribution in [0.1, 0.15) is 56.2 Å². The van der Waals surface area contributed by atoms with E-state index in [0.717, 1.165) is 12.3 Å². The summed E-state index contributed by atoms with van der Waals surface area (Å²) in [5.41, 5.74) is 2.82. The Morgan fingerprint density at radius 1 is 1.35 bits per heavy atom. The maximum Gasteiger partial charge on any atom is 0.0522 e. The quantitative estimate of drug-likeness (QED) is 0.851. The predicted molar refractivity (Wildman–Crippen MR) is 82.9 cm³/mol. The van der Waals surface area contributed by atoms with Crippen LogP contribution in [0.2, 0.25) is 0 Å². The van der Waals surface area contributed by atoms with Crippen LogP contribution in [0.15, 0.2) is 18.3 Å². The fraction of sp³-hybridized carbons (Fsp3) is 0.706. The lowest BCUT2D eigenvalue weighted by molar-refractivity contribution is 0.172. The second kappa shape index (κ2) is 6.57. The summed E-state index contributed by atoms with van der Waals surface area (Å²) in [5, 5.41) is 7.52. The van der Waals surface area contributed by atoms with Crippen LogP contribution in [-0.2, 0) is 6.42 Å². The Bertz CT molecular complexity index is 449. The van der Waals surface area contributed by atoms with Crippen molar-refractivity contribution >= 4 is 0 Å². The average molecular weight is 273 g/mol. The molecule has 0 bridgehead atoms. The molecule has 3 nitrogen and oxygen atoms in total. The van der Waals surface area contributed by atoms with Gasteiger partial charge in [-0.05, 0) is 56.6 Å². The highest BCUT2D eigenvalue weighted by Crippen LogP contribution is 2.29. The molecule has 1 aromatic rings. The van der Waals surface area contributed by atoms with Gasteiger partial charge < -0.3 is 4.90 Å². The molecule has 2 heterocycles. The second-order valence-corrected chi connectivity index (χ2v) is 6.41. The number of aromatic nitrogens is 2. The standard InChI is InChI=1S/C17H27N3/c1-2-15-11-18-19-17(15)16-9-6-10-20(13-16)12-14-7-4-3-5-8-14/h3-4,11,14,16H,2,5-10,12-13H2,1H3,(H,18,19). The Balaban J connectivity index is 1.60. The van der Waals surface area contributed by atoms with E-state index in [1.54, 1.807) is 0 Å². The molecule has 1 saturated heterocycles. The third kappa shape index (κ3) is 3.14. The van der Waals surface area contributed by atoms with Crippen LogP contribution in [0.5, 0.6) is 0 Å². The number of nitrogens with one attached hydrogen (secondary N) is 1. The van der Waals surface area contributed by atoms with E-state index in [4.69, 9.17) is 0 Å². The first kappa shape index (κ1) is 13.9. The molecule has 20 heavy (non-hydrogen) atoms. The summed E-state index contributed by atoms with van der Waals surface area (Å²) in [4.78, 5) is 2.69. The number of likely N-dealkylation sites (tertiary alicyclic amines) is 1. The van der Waals surface area contributed by atoms with E-state index in [2.05, 4.69) is 34.2 Å². The molecule has 0 radical (unpaired) electrons. The molecule has 2 atom stereocenters. The number of allylic oxidation sites excluding steroid dienone is 2. The molecule has 1 aromatic heterocycles. The van der Waals surface area contributed by atoms with Gasteiger partial charge in [0.15, 0.2) is 0 Å². The van der Waals surface area contributed by atoms with Crippen molar-refractivity contribution in [2.24, 2.45) is 5.92 Å². The molecule has 1 aliphatic heterocycles. The molecule has 2 unspecified atom stereocenters. The van der Waals surface area contributed by atoms with Gasteiger partial charge in [-0.2, -0.15) is 5.10 Å². The molecule has 0 saturated carbocycles. The van der Waals surface area contributed by atoms with Crippen molar-refractivity contribution in [1.29, 1.82) is 0 Å². The molecular weight excluding hydrogens is 246 g/mol. The summed E-state index contributed by atoms with van der Waals surface area (Å²) >= 11 is 0. The van der Waals surface area contributed by atoms with Gasteiger partial charge in [0.1, 0.15) is 0 Å². The Kier molecular flexibility index (Phi) is 4.56. The van der Waals surface area contributed by atoms with Crippen molar-refractivity contribution in [3.05, 3.63) is 29.6 Å². The van der Waals surface area contributed by atoms with Crippen molar-refractivity contribution in [3.8, 4) is 0 Å². The van der Waals surface area contributed by atoms with E-state index in [-0.39, 0.29) is 0 Å². The van der Waals surface area contributed by atoms with Gasteiger partial charge in [0.25, 0.3) is 0 Å². The fourth-order valence-corrected chi connectivity index (χ4v) is 3.80. The molecule has 1 N–H and O–H groups in total. The lowest BCUT2D eigenvalue weighted by atomic mass is 9.89. The number of aromatic amines is 1. The summed E-state index contributed by atoms with van der Waals surface area (Å²) in [5.74, 6) is 1.55.